The van der Waals surface area contributed by atoms with E-state index in [1.807, 2.05) is 0 Å². The van der Waals surface area contributed by atoms with Crippen LogP contribution in [0.15, 0.2) is 187 Å². The van der Waals surface area contributed by atoms with Crippen molar-refractivity contribution >= 4 is 62.8 Å². The Morgan fingerprint density at radius 3 is 1.80 bits per heavy atom. The number of aromatic nitrogens is 1. The average Bonchev–Trinajstić information content (AvgIpc) is 3.73. The van der Waals surface area contributed by atoms with Crippen molar-refractivity contribution in [3.8, 4) is 5.69 Å². The van der Waals surface area contributed by atoms with E-state index in [0.717, 1.165) is 18.5 Å². The second-order valence-electron chi connectivity index (χ2n) is 14.0. The average molecular weight is 655 g/mol. The van der Waals surface area contributed by atoms with Gasteiger partial charge < -0.3 is 9.80 Å². The van der Waals surface area contributed by atoms with Crippen molar-refractivity contribution in [2.75, 3.05) is 14.7 Å². The lowest BCUT2D eigenvalue weighted by Crippen LogP contribution is -2.64. The predicted molar refractivity (Wildman–Crippen MR) is 213 cm³/mol. The van der Waals surface area contributed by atoms with Gasteiger partial charge in [-0.05, 0) is 108 Å². The van der Waals surface area contributed by atoms with Crippen LogP contribution < -0.4 is 25.6 Å². The summed E-state index contributed by atoms with van der Waals surface area (Å²) in [7, 11) is 0. The van der Waals surface area contributed by atoms with Crippen LogP contribution in [-0.4, -0.2) is 17.4 Å². The molecule has 0 bridgehead atoms. The number of nitrogens with zero attached hydrogens (tertiary/aromatic N) is 4. The van der Waals surface area contributed by atoms with Crippen molar-refractivity contribution in [3.05, 3.63) is 187 Å². The van der Waals surface area contributed by atoms with Gasteiger partial charge in [0.05, 0.1) is 5.52 Å². The highest BCUT2D eigenvalue weighted by atomic mass is 15.4. The number of allylic oxidation sites excluding steroid dienone is 2. The number of fused-ring (bicyclic) bond motifs is 7. The zero-order chi connectivity index (χ0) is 33.5. The van der Waals surface area contributed by atoms with Gasteiger partial charge in [-0.15, -0.1) is 0 Å². The van der Waals surface area contributed by atoms with E-state index in [2.05, 4.69) is 195 Å². The molecule has 1 aromatic heterocycles. The van der Waals surface area contributed by atoms with E-state index in [-0.39, 0.29) is 18.7 Å². The molecular weight excluding hydrogens is 619 g/mol. The van der Waals surface area contributed by atoms with Crippen LogP contribution in [0, 0.1) is 0 Å². The Bertz CT molecular complexity index is 2510. The second-order valence-corrected chi connectivity index (χ2v) is 14.0. The minimum absolute atomic E-state index is 0.0465. The van der Waals surface area contributed by atoms with Crippen LogP contribution in [0.5, 0.6) is 0 Å². The minimum Gasteiger partial charge on any atom is -0.321 e. The van der Waals surface area contributed by atoms with Gasteiger partial charge in [0.15, 0.2) is 0 Å². The van der Waals surface area contributed by atoms with Crippen molar-refractivity contribution in [3.63, 3.8) is 0 Å². The lowest BCUT2D eigenvalue weighted by molar-refractivity contribution is 0.662. The van der Waals surface area contributed by atoms with Gasteiger partial charge >= 0.3 is 0 Å². The monoisotopic (exact) mass is 654 g/mol. The molecule has 11 rings (SSSR count). The van der Waals surface area contributed by atoms with E-state index in [4.69, 9.17) is 0 Å². The smallest absolute Gasteiger partial charge is 0.231 e. The maximum absolute atomic E-state index is 2.66. The molecule has 6 aromatic carbocycles. The summed E-state index contributed by atoms with van der Waals surface area (Å²) in [5.74, 6) is 1.45. The molecule has 0 saturated carbocycles. The third-order valence-electron chi connectivity index (χ3n) is 11.4. The Morgan fingerprint density at radius 2 is 1.10 bits per heavy atom. The van der Waals surface area contributed by atoms with Crippen LogP contribution in [0.3, 0.4) is 0 Å². The Balaban J connectivity index is 1.30. The van der Waals surface area contributed by atoms with Crippen LogP contribution in [0.2, 0.25) is 5.82 Å². The third kappa shape index (κ3) is 4.03. The Labute approximate surface area is 298 Å². The number of hydrogen-bond acceptors (Lipinski definition) is 3. The fourth-order valence-corrected chi connectivity index (χ4v) is 9.61. The summed E-state index contributed by atoms with van der Waals surface area (Å²) in [6.07, 6.45) is 6.95. The topological polar surface area (TPSA) is 14.7 Å². The zero-order valence-electron chi connectivity index (χ0n) is 28.2. The maximum Gasteiger partial charge on any atom is 0.231 e. The van der Waals surface area contributed by atoms with Crippen molar-refractivity contribution in [2.45, 2.75) is 24.8 Å². The van der Waals surface area contributed by atoms with Gasteiger partial charge in [-0.25, -0.2) is 0 Å². The molecule has 0 spiro atoms. The van der Waals surface area contributed by atoms with Gasteiger partial charge in [-0.1, -0.05) is 103 Å². The fourth-order valence-electron chi connectivity index (χ4n) is 9.61. The van der Waals surface area contributed by atoms with E-state index < -0.39 is 0 Å². The Morgan fingerprint density at radius 1 is 0.510 bits per heavy atom. The molecule has 51 heavy (non-hydrogen) atoms. The molecule has 2 atom stereocenters. The molecule has 7 aromatic rings. The lowest BCUT2D eigenvalue weighted by Gasteiger charge is -2.51. The van der Waals surface area contributed by atoms with E-state index in [1.165, 1.54) is 61.8 Å². The summed E-state index contributed by atoms with van der Waals surface area (Å²) in [4.78, 5) is 7.85. The van der Waals surface area contributed by atoms with Crippen molar-refractivity contribution in [1.82, 2.24) is 4.57 Å². The normalized spacial score (nSPS) is 18.5. The highest BCUT2D eigenvalue weighted by Crippen LogP contribution is 2.56. The molecule has 2 unspecified atom stereocenters. The zero-order valence-corrected chi connectivity index (χ0v) is 28.2. The molecule has 0 N–H and O–H groups in total. The first-order valence-electron chi connectivity index (χ1n) is 18.1. The summed E-state index contributed by atoms with van der Waals surface area (Å²) >= 11 is 0. The highest BCUT2D eigenvalue weighted by molar-refractivity contribution is 6.93. The number of hydrogen-bond donors (Lipinski definition) is 0. The first kappa shape index (κ1) is 28.6. The highest BCUT2D eigenvalue weighted by Gasteiger charge is 2.57. The van der Waals surface area contributed by atoms with Crippen LogP contribution in [0.1, 0.15) is 12.8 Å². The van der Waals surface area contributed by atoms with Gasteiger partial charge in [-0.2, -0.15) is 0 Å². The summed E-state index contributed by atoms with van der Waals surface area (Å²) in [6, 6.07) is 60.1. The first-order valence-corrected chi connectivity index (χ1v) is 18.1. The SMILES string of the molecule is C1=CC2=C(CC1)C1B3c4c(cccc4N(c4ccccc4)C1N2c1ccccc1)N(c1ccccc1)c1c3c2ccccc2n1-c1ccccc1. The Hall–Kier alpha value is -6.20. The Kier molecular flexibility index (Phi) is 6.26. The van der Waals surface area contributed by atoms with Crippen molar-refractivity contribution in [2.24, 2.45) is 0 Å². The molecule has 0 radical (unpaired) electrons. The van der Waals surface area contributed by atoms with E-state index in [9.17, 15) is 0 Å². The van der Waals surface area contributed by atoms with Gasteiger partial charge in [0.25, 0.3) is 0 Å². The molecule has 0 saturated heterocycles. The number of para-hydroxylation sites is 5. The standard InChI is InChI=1S/C46H35BN4/c1-5-18-32(19-6-1)48-38-28-15-13-26-36(38)42-45(48)50(34-22-9-3-10-23-34)40-30-17-31-41-44(40)47(42)43-37-27-14-16-29-39(37)49(33-20-7-2-8-21-33)46(43)51(41)35-24-11-4-12-25-35/h1-13,15-26,28-31,43,46H,14,27H2. The maximum atomic E-state index is 2.66. The van der Waals surface area contributed by atoms with Gasteiger partial charge in [0.1, 0.15) is 12.0 Å². The third-order valence-corrected chi connectivity index (χ3v) is 11.4. The molecule has 1 aliphatic carbocycles. The number of anilines is 6. The number of rotatable bonds is 4. The van der Waals surface area contributed by atoms with Crippen LogP contribution in [0.25, 0.3) is 16.6 Å². The lowest BCUT2D eigenvalue weighted by atomic mass is 9.29. The van der Waals surface area contributed by atoms with Crippen LogP contribution in [0.4, 0.5) is 34.3 Å². The summed E-state index contributed by atoms with van der Waals surface area (Å²) in [5.41, 5.74) is 14.3. The second kappa shape index (κ2) is 11.2. The quantitative estimate of drug-likeness (QED) is 0.176. The van der Waals surface area contributed by atoms with Crippen LogP contribution >= 0.6 is 0 Å². The molecule has 4 aliphatic rings. The molecule has 3 aliphatic heterocycles. The summed E-state index contributed by atoms with van der Waals surface area (Å²) < 4.78 is 2.52. The van der Waals surface area contributed by atoms with Crippen LogP contribution in [-0.2, 0) is 0 Å². The van der Waals surface area contributed by atoms with E-state index in [1.54, 1.807) is 5.57 Å². The molecule has 242 valence electrons. The first-order chi connectivity index (χ1) is 25.4. The van der Waals surface area contributed by atoms with Crippen molar-refractivity contribution in [1.29, 1.82) is 0 Å². The fraction of sp³-hybridized carbons (Fsp3) is 0.0870. The minimum atomic E-state index is 0.0465. The molecular formula is C46H35BN4. The molecule has 0 amide bonds. The molecule has 0 fully saturated rings. The summed E-state index contributed by atoms with van der Waals surface area (Å²) in [6.45, 7) is 0.135. The van der Waals surface area contributed by atoms with E-state index in [0.29, 0.717) is 0 Å². The largest absolute Gasteiger partial charge is 0.321 e. The molecule has 4 heterocycles. The van der Waals surface area contributed by atoms with Crippen molar-refractivity contribution < 1.29 is 0 Å². The summed E-state index contributed by atoms with van der Waals surface area (Å²) in [5, 5.41) is 1.32. The van der Waals surface area contributed by atoms with Gasteiger partial charge in [0.2, 0.25) is 6.71 Å². The molecule has 4 nitrogen and oxygen atoms in total. The van der Waals surface area contributed by atoms with Gasteiger partial charge in [-0.3, -0.25) is 9.47 Å². The van der Waals surface area contributed by atoms with E-state index >= 15 is 0 Å². The number of benzene rings is 6. The predicted octanol–water partition coefficient (Wildman–Crippen LogP) is 9.99. The van der Waals surface area contributed by atoms with Gasteiger partial charge in [0, 0.05) is 45.6 Å². The molecule has 5 heteroatoms.